The number of unbranched alkanes of at least 4 members (excludes halogenated alkanes) is 1. The smallest absolute Gasteiger partial charge is 0.218 e. The summed E-state index contributed by atoms with van der Waals surface area (Å²) in [4.78, 5) is 9.07. The highest BCUT2D eigenvalue weighted by Gasteiger charge is 2.08. The fraction of sp³-hybridized carbons (Fsp3) is 0.750. The lowest BCUT2D eigenvalue weighted by Crippen LogP contribution is -2.11. The molecule has 0 spiro atoms. The van der Waals surface area contributed by atoms with Crippen LogP contribution in [-0.2, 0) is 6.42 Å². The SMILES string of the molecule is CCCCNc1cc(OCC(C)C)nc(CC(C)C)n1. The summed E-state index contributed by atoms with van der Waals surface area (Å²) in [7, 11) is 0. The molecule has 0 radical (unpaired) electrons. The molecule has 1 aromatic heterocycles. The van der Waals surface area contributed by atoms with Gasteiger partial charge in [-0.2, -0.15) is 4.98 Å². The Morgan fingerprint density at radius 3 is 2.50 bits per heavy atom. The second kappa shape index (κ2) is 8.77. The number of nitrogens with zero attached hydrogens (tertiary/aromatic N) is 2. The van der Waals surface area contributed by atoms with Gasteiger partial charge in [0.15, 0.2) is 0 Å². The first kappa shape index (κ1) is 16.7. The van der Waals surface area contributed by atoms with Crippen molar-refractivity contribution in [1.29, 1.82) is 0 Å². The fourth-order valence-electron chi connectivity index (χ4n) is 1.74. The molecule has 0 unspecified atom stereocenters. The largest absolute Gasteiger partial charge is 0.477 e. The standard InChI is InChI=1S/C16H29N3O/c1-6-7-8-17-14-10-16(20-11-13(4)5)19-15(18-14)9-12(2)3/h10,12-13H,6-9,11H2,1-5H3,(H,17,18,19). The van der Waals surface area contributed by atoms with Crippen LogP contribution in [0.2, 0.25) is 0 Å². The Balaban J connectivity index is 2.77. The van der Waals surface area contributed by atoms with Gasteiger partial charge >= 0.3 is 0 Å². The van der Waals surface area contributed by atoms with Gasteiger partial charge in [0.25, 0.3) is 0 Å². The van der Waals surface area contributed by atoms with Crippen molar-refractivity contribution < 1.29 is 4.74 Å². The molecule has 4 heteroatoms. The van der Waals surface area contributed by atoms with E-state index >= 15 is 0 Å². The highest BCUT2D eigenvalue weighted by atomic mass is 16.5. The Morgan fingerprint density at radius 2 is 1.90 bits per heavy atom. The molecule has 0 atom stereocenters. The maximum atomic E-state index is 5.75. The number of ether oxygens (including phenoxy) is 1. The average molecular weight is 279 g/mol. The van der Waals surface area contributed by atoms with E-state index in [2.05, 4.69) is 49.9 Å². The maximum Gasteiger partial charge on any atom is 0.218 e. The van der Waals surface area contributed by atoms with E-state index in [-0.39, 0.29) is 0 Å². The summed E-state index contributed by atoms with van der Waals surface area (Å²) in [5.41, 5.74) is 0. The van der Waals surface area contributed by atoms with E-state index in [1.165, 1.54) is 6.42 Å². The summed E-state index contributed by atoms with van der Waals surface area (Å²) < 4.78 is 5.75. The van der Waals surface area contributed by atoms with Gasteiger partial charge in [0, 0.05) is 19.0 Å². The fourth-order valence-corrected chi connectivity index (χ4v) is 1.74. The molecule has 0 aliphatic carbocycles. The van der Waals surface area contributed by atoms with Gasteiger partial charge in [0.05, 0.1) is 6.61 Å². The van der Waals surface area contributed by atoms with Crippen LogP contribution in [0.5, 0.6) is 5.88 Å². The zero-order chi connectivity index (χ0) is 15.0. The van der Waals surface area contributed by atoms with Crippen molar-refractivity contribution in [3.05, 3.63) is 11.9 Å². The molecule has 1 N–H and O–H groups in total. The maximum absolute atomic E-state index is 5.75. The molecule has 0 fully saturated rings. The van der Waals surface area contributed by atoms with Gasteiger partial charge in [0.1, 0.15) is 11.6 Å². The summed E-state index contributed by atoms with van der Waals surface area (Å²) in [6.45, 7) is 12.4. The van der Waals surface area contributed by atoms with Crippen LogP contribution >= 0.6 is 0 Å². The summed E-state index contributed by atoms with van der Waals surface area (Å²) in [6.07, 6.45) is 3.20. The van der Waals surface area contributed by atoms with Crippen LogP contribution in [0.3, 0.4) is 0 Å². The van der Waals surface area contributed by atoms with Crippen LogP contribution in [0.15, 0.2) is 6.07 Å². The number of aromatic nitrogens is 2. The van der Waals surface area contributed by atoms with Gasteiger partial charge in [-0.3, -0.25) is 0 Å². The van der Waals surface area contributed by atoms with Crippen molar-refractivity contribution in [3.8, 4) is 5.88 Å². The molecule has 0 amide bonds. The van der Waals surface area contributed by atoms with E-state index in [1.54, 1.807) is 0 Å². The molecule has 0 bridgehead atoms. The minimum Gasteiger partial charge on any atom is -0.477 e. The first-order valence-corrected chi connectivity index (χ1v) is 7.75. The summed E-state index contributed by atoms with van der Waals surface area (Å²) >= 11 is 0. The van der Waals surface area contributed by atoms with E-state index < -0.39 is 0 Å². The van der Waals surface area contributed by atoms with Crippen LogP contribution < -0.4 is 10.1 Å². The summed E-state index contributed by atoms with van der Waals surface area (Å²) in [6, 6.07) is 1.90. The third-order valence-electron chi connectivity index (χ3n) is 2.74. The first-order chi connectivity index (χ1) is 9.51. The molecular formula is C16H29N3O. The van der Waals surface area contributed by atoms with Gasteiger partial charge in [0.2, 0.25) is 5.88 Å². The van der Waals surface area contributed by atoms with Gasteiger partial charge < -0.3 is 10.1 Å². The molecule has 0 saturated heterocycles. The molecule has 4 nitrogen and oxygen atoms in total. The Labute approximate surface area is 123 Å². The number of rotatable bonds is 9. The van der Waals surface area contributed by atoms with E-state index in [1.807, 2.05) is 6.07 Å². The first-order valence-electron chi connectivity index (χ1n) is 7.75. The third kappa shape index (κ3) is 6.73. The van der Waals surface area contributed by atoms with Gasteiger partial charge in [-0.05, 0) is 18.3 Å². The Morgan fingerprint density at radius 1 is 1.15 bits per heavy atom. The van der Waals surface area contributed by atoms with E-state index in [4.69, 9.17) is 4.74 Å². The number of hydrogen-bond donors (Lipinski definition) is 1. The molecular weight excluding hydrogens is 250 g/mol. The Kier molecular flexibility index (Phi) is 7.34. The van der Waals surface area contributed by atoms with Crippen molar-refractivity contribution in [1.82, 2.24) is 9.97 Å². The highest BCUT2D eigenvalue weighted by Crippen LogP contribution is 2.16. The minimum absolute atomic E-state index is 0.495. The molecule has 1 aromatic rings. The van der Waals surface area contributed by atoms with Gasteiger partial charge in [-0.15, -0.1) is 0 Å². The predicted molar refractivity (Wildman–Crippen MR) is 84.3 cm³/mol. The Hall–Kier alpha value is -1.32. The van der Waals surface area contributed by atoms with Crippen LogP contribution in [0, 0.1) is 11.8 Å². The lowest BCUT2D eigenvalue weighted by molar-refractivity contribution is 0.260. The van der Waals surface area contributed by atoms with Gasteiger partial charge in [-0.1, -0.05) is 41.0 Å². The van der Waals surface area contributed by atoms with Crippen LogP contribution in [0.4, 0.5) is 5.82 Å². The number of hydrogen-bond acceptors (Lipinski definition) is 4. The average Bonchev–Trinajstić information content (AvgIpc) is 2.36. The van der Waals surface area contributed by atoms with Crippen molar-refractivity contribution in [2.45, 2.75) is 53.9 Å². The molecule has 1 heterocycles. The predicted octanol–water partition coefficient (Wildman–Crippen LogP) is 3.92. The van der Waals surface area contributed by atoms with Crippen molar-refractivity contribution >= 4 is 5.82 Å². The summed E-state index contributed by atoms with van der Waals surface area (Å²) in [5.74, 6) is 3.46. The number of nitrogens with one attached hydrogen (secondary N) is 1. The minimum atomic E-state index is 0.495. The van der Waals surface area contributed by atoms with Crippen molar-refractivity contribution in [3.63, 3.8) is 0 Å². The lowest BCUT2D eigenvalue weighted by atomic mass is 10.1. The van der Waals surface area contributed by atoms with Crippen LogP contribution in [0.1, 0.15) is 53.3 Å². The van der Waals surface area contributed by atoms with Crippen LogP contribution in [-0.4, -0.2) is 23.1 Å². The monoisotopic (exact) mass is 279 g/mol. The molecule has 114 valence electrons. The molecule has 0 aliphatic heterocycles. The molecule has 20 heavy (non-hydrogen) atoms. The van der Waals surface area contributed by atoms with Crippen molar-refractivity contribution in [2.75, 3.05) is 18.5 Å². The van der Waals surface area contributed by atoms with E-state index in [0.29, 0.717) is 24.3 Å². The van der Waals surface area contributed by atoms with E-state index in [0.717, 1.165) is 31.0 Å². The topological polar surface area (TPSA) is 47.0 Å². The lowest BCUT2D eigenvalue weighted by Gasteiger charge is -2.12. The normalized spacial score (nSPS) is 11.2. The highest BCUT2D eigenvalue weighted by molar-refractivity contribution is 5.38. The van der Waals surface area contributed by atoms with E-state index in [9.17, 15) is 0 Å². The molecule has 0 saturated carbocycles. The second-order valence-corrected chi connectivity index (χ2v) is 6.09. The Bertz CT molecular complexity index is 391. The molecule has 0 aromatic carbocycles. The van der Waals surface area contributed by atoms with Crippen molar-refractivity contribution in [2.24, 2.45) is 11.8 Å². The molecule has 1 rings (SSSR count). The number of anilines is 1. The third-order valence-corrected chi connectivity index (χ3v) is 2.74. The quantitative estimate of drug-likeness (QED) is 0.696. The second-order valence-electron chi connectivity index (χ2n) is 6.09. The summed E-state index contributed by atoms with van der Waals surface area (Å²) in [5, 5.41) is 3.36. The zero-order valence-corrected chi connectivity index (χ0v) is 13.6. The van der Waals surface area contributed by atoms with Crippen LogP contribution in [0.25, 0.3) is 0 Å². The van der Waals surface area contributed by atoms with Gasteiger partial charge in [-0.25, -0.2) is 4.98 Å². The molecule has 0 aliphatic rings. The zero-order valence-electron chi connectivity index (χ0n) is 13.6.